The number of fused-ring (bicyclic) bond motifs is 1. The Morgan fingerprint density at radius 2 is 1.80 bits per heavy atom. The molecule has 5 amide bonds. The van der Waals surface area contributed by atoms with Crippen LogP contribution in [0.25, 0.3) is 0 Å². The predicted molar refractivity (Wildman–Crippen MR) is 158 cm³/mol. The number of hydrazine groups is 1. The smallest absolute Gasteiger partial charge is 0.416 e. The number of alkyl carbamates (subject to hydrolysis) is 1. The molecule has 2 aromatic rings. The number of hydrogen-bond acceptors (Lipinski definition) is 6. The van der Waals surface area contributed by atoms with Gasteiger partial charge in [-0.1, -0.05) is 62.0 Å². The van der Waals surface area contributed by atoms with Gasteiger partial charge in [-0.2, -0.15) is 13.2 Å². The lowest BCUT2D eigenvalue weighted by Gasteiger charge is -2.55. The fourth-order valence-electron chi connectivity index (χ4n) is 5.48. The van der Waals surface area contributed by atoms with Crippen LogP contribution in [0.1, 0.15) is 36.5 Å². The standard InChI is InChI=1S/C31H37F3N6O5/c1-3-16-45-30(44)35-15-9-14-25-28(42)37(19-23-12-8-13-24(17-23)31(32,33)34)20-26-39(25)27(41)21-38(4-2)40(26)29(43)36-18-22-10-6-5-7-11-22/h3,5-8,10-13,17,25-26H,1,4,9,14-16,18-21H2,2H3,(H,35,44)(H,36,43)/t25-,26-/m0/s1. The van der Waals surface area contributed by atoms with Gasteiger partial charge in [0.25, 0.3) is 0 Å². The summed E-state index contributed by atoms with van der Waals surface area (Å²) in [6.45, 7) is 5.56. The lowest BCUT2D eigenvalue weighted by molar-refractivity contribution is -0.190. The van der Waals surface area contributed by atoms with E-state index in [4.69, 9.17) is 4.74 Å². The molecule has 2 N–H and O–H groups in total. The highest BCUT2D eigenvalue weighted by Crippen LogP contribution is 2.32. The van der Waals surface area contributed by atoms with E-state index in [1.807, 2.05) is 30.3 Å². The van der Waals surface area contributed by atoms with Crippen LogP contribution in [-0.4, -0.2) is 88.7 Å². The highest BCUT2D eigenvalue weighted by atomic mass is 19.4. The molecule has 45 heavy (non-hydrogen) atoms. The van der Waals surface area contributed by atoms with Gasteiger partial charge in [0.15, 0.2) is 0 Å². The lowest BCUT2D eigenvalue weighted by Crippen LogP contribution is -2.76. The van der Waals surface area contributed by atoms with Crippen molar-refractivity contribution in [3.63, 3.8) is 0 Å². The van der Waals surface area contributed by atoms with Gasteiger partial charge in [0, 0.05) is 26.2 Å². The number of halogens is 3. The number of likely N-dealkylation sites (N-methyl/N-ethyl adjacent to an activating group) is 1. The molecule has 0 bridgehead atoms. The molecule has 0 saturated carbocycles. The summed E-state index contributed by atoms with van der Waals surface area (Å²) in [4.78, 5) is 55.7. The number of piperazine rings is 1. The van der Waals surface area contributed by atoms with Crippen molar-refractivity contribution in [1.29, 1.82) is 0 Å². The molecule has 0 spiro atoms. The Morgan fingerprint density at radius 3 is 2.49 bits per heavy atom. The number of amides is 5. The fraction of sp³-hybridized carbons (Fsp3) is 0.419. The van der Waals surface area contributed by atoms with Gasteiger partial charge in [0.2, 0.25) is 11.8 Å². The van der Waals surface area contributed by atoms with Gasteiger partial charge in [-0.15, -0.1) is 0 Å². The van der Waals surface area contributed by atoms with Crippen molar-refractivity contribution in [2.45, 2.75) is 51.2 Å². The molecular weight excluding hydrogens is 593 g/mol. The van der Waals surface area contributed by atoms with Crippen LogP contribution in [0.3, 0.4) is 0 Å². The molecule has 2 aliphatic rings. The SMILES string of the molecule is C=CCOC(=O)NCCC[C@H]1C(=O)N(Cc2cccc(C(F)(F)F)c2)C[C@H]2N1C(=O)CN(CC)N2C(=O)NCc1ccccc1. The van der Waals surface area contributed by atoms with Gasteiger partial charge < -0.3 is 25.2 Å². The van der Waals surface area contributed by atoms with Gasteiger partial charge in [-0.05, 0) is 36.1 Å². The minimum absolute atomic E-state index is 0.0253. The van der Waals surface area contributed by atoms with Crippen molar-refractivity contribution in [2.24, 2.45) is 0 Å². The molecule has 2 heterocycles. The first-order valence-electron chi connectivity index (χ1n) is 14.7. The average molecular weight is 631 g/mol. The molecule has 2 aliphatic heterocycles. The summed E-state index contributed by atoms with van der Waals surface area (Å²) in [5.41, 5.74) is 0.274. The number of nitrogens with zero attached hydrogens (tertiary/aromatic N) is 4. The Balaban J connectivity index is 1.60. The first-order valence-corrected chi connectivity index (χ1v) is 14.7. The zero-order chi connectivity index (χ0) is 32.6. The van der Waals surface area contributed by atoms with Crippen molar-refractivity contribution in [3.05, 3.63) is 83.9 Å². The molecule has 2 aromatic carbocycles. The van der Waals surface area contributed by atoms with Crippen LogP contribution in [0.15, 0.2) is 67.3 Å². The highest BCUT2D eigenvalue weighted by molar-refractivity contribution is 5.91. The van der Waals surface area contributed by atoms with Gasteiger partial charge in [0.1, 0.15) is 18.8 Å². The van der Waals surface area contributed by atoms with Crippen LogP contribution < -0.4 is 10.6 Å². The van der Waals surface area contributed by atoms with E-state index in [0.29, 0.717) is 6.54 Å². The fourth-order valence-corrected chi connectivity index (χ4v) is 5.48. The summed E-state index contributed by atoms with van der Waals surface area (Å²) in [7, 11) is 0. The predicted octanol–water partition coefficient (Wildman–Crippen LogP) is 3.73. The van der Waals surface area contributed by atoms with E-state index in [-0.39, 0.29) is 63.6 Å². The van der Waals surface area contributed by atoms with Crippen LogP contribution in [0.5, 0.6) is 0 Å². The van der Waals surface area contributed by atoms with Crippen molar-refractivity contribution < 1.29 is 37.1 Å². The van der Waals surface area contributed by atoms with Crippen LogP contribution in [0.4, 0.5) is 22.8 Å². The molecule has 0 radical (unpaired) electrons. The van der Waals surface area contributed by atoms with Crippen molar-refractivity contribution in [2.75, 3.05) is 32.8 Å². The Morgan fingerprint density at radius 1 is 1.07 bits per heavy atom. The van der Waals surface area contributed by atoms with Crippen molar-refractivity contribution in [3.8, 4) is 0 Å². The topological polar surface area (TPSA) is 115 Å². The van der Waals surface area contributed by atoms with Crippen molar-refractivity contribution >= 4 is 23.9 Å². The maximum atomic E-state index is 13.9. The molecule has 4 rings (SSSR count). The van der Waals surface area contributed by atoms with E-state index < -0.39 is 42.0 Å². The number of urea groups is 1. The van der Waals surface area contributed by atoms with Crippen LogP contribution in [0.2, 0.25) is 0 Å². The van der Waals surface area contributed by atoms with Crippen LogP contribution >= 0.6 is 0 Å². The van der Waals surface area contributed by atoms with E-state index in [1.165, 1.54) is 33.0 Å². The monoisotopic (exact) mass is 630 g/mol. The molecule has 242 valence electrons. The van der Waals surface area contributed by atoms with Crippen LogP contribution in [-0.2, 0) is 33.6 Å². The largest absolute Gasteiger partial charge is 0.445 e. The number of carbonyl (C=O) groups is 4. The molecule has 2 atom stereocenters. The van der Waals surface area contributed by atoms with Crippen molar-refractivity contribution in [1.82, 2.24) is 30.5 Å². The number of rotatable bonds is 11. The minimum atomic E-state index is -4.56. The number of nitrogens with one attached hydrogen (secondary N) is 2. The van der Waals surface area contributed by atoms with E-state index in [1.54, 1.807) is 11.9 Å². The average Bonchev–Trinajstić information content (AvgIpc) is 3.02. The molecule has 0 aromatic heterocycles. The Hall–Kier alpha value is -4.59. The Bertz CT molecular complexity index is 1370. The Kier molecular flexibility index (Phi) is 11.0. The first-order chi connectivity index (χ1) is 21.5. The van der Waals surface area contributed by atoms with Crippen LogP contribution in [0, 0.1) is 0 Å². The molecule has 11 nitrogen and oxygen atoms in total. The molecule has 14 heteroatoms. The second kappa shape index (κ2) is 14.9. The first kappa shape index (κ1) is 33.3. The summed E-state index contributed by atoms with van der Waals surface area (Å²) in [6.07, 6.45) is -4.31. The second-order valence-corrected chi connectivity index (χ2v) is 10.6. The third-order valence-electron chi connectivity index (χ3n) is 7.57. The van der Waals surface area contributed by atoms with E-state index >= 15 is 0 Å². The quantitative estimate of drug-likeness (QED) is 0.289. The number of alkyl halides is 3. The van der Waals surface area contributed by atoms with E-state index in [2.05, 4.69) is 17.2 Å². The maximum absolute atomic E-state index is 13.9. The number of benzene rings is 2. The second-order valence-electron chi connectivity index (χ2n) is 10.6. The van der Waals surface area contributed by atoms with Gasteiger partial charge in [0.05, 0.1) is 18.7 Å². The van der Waals surface area contributed by atoms with E-state index in [0.717, 1.165) is 17.7 Å². The van der Waals surface area contributed by atoms with E-state index in [9.17, 15) is 32.3 Å². The minimum Gasteiger partial charge on any atom is -0.445 e. The number of hydrogen-bond donors (Lipinski definition) is 2. The third kappa shape index (κ3) is 8.32. The summed E-state index contributed by atoms with van der Waals surface area (Å²) in [6, 6.07) is 12.5. The Labute approximate surface area is 259 Å². The summed E-state index contributed by atoms with van der Waals surface area (Å²) in [5.74, 6) is -0.815. The number of ether oxygens (including phenoxy) is 1. The molecule has 0 unspecified atom stereocenters. The summed E-state index contributed by atoms with van der Waals surface area (Å²) >= 11 is 0. The maximum Gasteiger partial charge on any atom is 0.416 e. The van der Waals surface area contributed by atoms with Gasteiger partial charge in [-0.3, -0.25) is 9.59 Å². The normalized spacial score (nSPS) is 18.8. The molecule has 2 fully saturated rings. The summed E-state index contributed by atoms with van der Waals surface area (Å²) in [5, 5.41) is 8.48. The summed E-state index contributed by atoms with van der Waals surface area (Å²) < 4.78 is 45.2. The van der Waals surface area contributed by atoms with Gasteiger partial charge in [-0.25, -0.2) is 19.6 Å². The molecule has 2 saturated heterocycles. The zero-order valence-corrected chi connectivity index (χ0v) is 25.0. The van der Waals surface area contributed by atoms with Gasteiger partial charge >= 0.3 is 18.3 Å². The lowest BCUT2D eigenvalue weighted by atomic mass is 10.0. The highest BCUT2D eigenvalue weighted by Gasteiger charge is 2.51. The molecular formula is C31H37F3N6O5. The third-order valence-corrected chi connectivity index (χ3v) is 7.57. The zero-order valence-electron chi connectivity index (χ0n) is 25.0. The molecule has 0 aliphatic carbocycles. The number of carbonyl (C=O) groups excluding carboxylic acids is 4.